The van der Waals surface area contributed by atoms with Crippen LogP contribution in [0.15, 0.2) is 53.4 Å². The molecule has 0 atom stereocenters. The molecular formula is C23H27NO4S. The standard InChI is InChI=1S/C23H27NO4S/c1-23(2,3)22(27)28-17-13-11-16(12-14-17)15-29-20-9-5-4-7-18(20)19(25)8-6-10-21(24)26/h4-5,7,9,11-14H,6,8,10,15H2,1-3H3,(H2,24,26). The van der Waals surface area contributed by atoms with Crippen LogP contribution in [0, 0.1) is 5.41 Å². The number of carbonyl (C=O) groups is 3. The highest BCUT2D eigenvalue weighted by Crippen LogP contribution is 2.28. The smallest absolute Gasteiger partial charge is 0.316 e. The molecule has 29 heavy (non-hydrogen) atoms. The van der Waals surface area contributed by atoms with E-state index in [2.05, 4.69) is 0 Å². The van der Waals surface area contributed by atoms with Crippen molar-refractivity contribution < 1.29 is 19.1 Å². The van der Waals surface area contributed by atoms with Gasteiger partial charge in [0.25, 0.3) is 0 Å². The third kappa shape index (κ3) is 7.38. The first-order valence-electron chi connectivity index (χ1n) is 9.51. The van der Waals surface area contributed by atoms with Gasteiger partial charge in [-0.3, -0.25) is 14.4 Å². The fourth-order valence-corrected chi connectivity index (χ4v) is 3.48. The second-order valence-corrected chi connectivity index (χ2v) is 8.83. The molecule has 2 N–H and O–H groups in total. The summed E-state index contributed by atoms with van der Waals surface area (Å²) in [6.07, 6.45) is 0.976. The number of primary amides is 1. The summed E-state index contributed by atoms with van der Waals surface area (Å²) in [5.74, 6) is 0.544. The van der Waals surface area contributed by atoms with Crippen molar-refractivity contribution in [3.05, 3.63) is 59.7 Å². The Balaban J connectivity index is 1.97. The molecule has 154 valence electrons. The highest BCUT2D eigenvalue weighted by Gasteiger charge is 2.23. The molecule has 5 nitrogen and oxygen atoms in total. The number of ether oxygens (including phenoxy) is 1. The predicted octanol–water partition coefficient (Wildman–Crippen LogP) is 4.77. The number of amides is 1. The lowest BCUT2D eigenvalue weighted by Gasteiger charge is -2.16. The number of Topliss-reactive ketones (excluding diaryl/α,β-unsaturated/α-hetero) is 1. The van der Waals surface area contributed by atoms with E-state index in [4.69, 9.17) is 10.5 Å². The maximum atomic E-state index is 12.5. The summed E-state index contributed by atoms with van der Waals surface area (Å²) in [4.78, 5) is 36.2. The Labute approximate surface area is 176 Å². The molecule has 0 spiro atoms. The molecule has 0 bridgehead atoms. The third-order valence-corrected chi connectivity index (χ3v) is 5.30. The zero-order chi connectivity index (χ0) is 21.4. The van der Waals surface area contributed by atoms with Gasteiger partial charge in [-0.1, -0.05) is 30.3 Å². The molecule has 1 amide bonds. The van der Waals surface area contributed by atoms with E-state index in [-0.39, 0.29) is 18.2 Å². The van der Waals surface area contributed by atoms with E-state index in [0.29, 0.717) is 29.9 Å². The summed E-state index contributed by atoms with van der Waals surface area (Å²) in [7, 11) is 0. The number of nitrogens with two attached hydrogens (primary N) is 1. The van der Waals surface area contributed by atoms with Crippen molar-refractivity contribution in [1.82, 2.24) is 0 Å². The van der Waals surface area contributed by atoms with Crippen LogP contribution in [0.1, 0.15) is 56.0 Å². The van der Waals surface area contributed by atoms with Crippen molar-refractivity contribution in [3.63, 3.8) is 0 Å². The first kappa shape index (κ1) is 22.7. The van der Waals surface area contributed by atoms with Gasteiger partial charge in [0.2, 0.25) is 5.91 Å². The number of hydrogen-bond acceptors (Lipinski definition) is 5. The largest absolute Gasteiger partial charge is 0.426 e. The van der Waals surface area contributed by atoms with Crippen molar-refractivity contribution in [2.24, 2.45) is 11.1 Å². The summed E-state index contributed by atoms with van der Waals surface area (Å²) < 4.78 is 5.38. The number of hydrogen-bond donors (Lipinski definition) is 1. The van der Waals surface area contributed by atoms with E-state index >= 15 is 0 Å². The van der Waals surface area contributed by atoms with E-state index in [1.807, 2.05) is 57.2 Å². The van der Waals surface area contributed by atoms with Gasteiger partial charge in [0.05, 0.1) is 5.41 Å². The first-order valence-corrected chi connectivity index (χ1v) is 10.5. The van der Waals surface area contributed by atoms with E-state index < -0.39 is 11.3 Å². The fraction of sp³-hybridized carbons (Fsp3) is 0.348. The van der Waals surface area contributed by atoms with Gasteiger partial charge in [0.15, 0.2) is 5.78 Å². The van der Waals surface area contributed by atoms with Crippen LogP contribution < -0.4 is 10.5 Å². The first-order chi connectivity index (χ1) is 13.7. The lowest BCUT2D eigenvalue weighted by Crippen LogP contribution is -2.25. The van der Waals surface area contributed by atoms with Crippen LogP contribution in [-0.2, 0) is 15.3 Å². The Bertz CT molecular complexity index is 869. The highest BCUT2D eigenvalue weighted by molar-refractivity contribution is 7.98. The normalized spacial score (nSPS) is 11.1. The van der Waals surface area contributed by atoms with Crippen LogP contribution in [-0.4, -0.2) is 17.7 Å². The molecule has 6 heteroatoms. The van der Waals surface area contributed by atoms with E-state index in [1.54, 1.807) is 23.9 Å². The second kappa shape index (κ2) is 10.3. The van der Waals surface area contributed by atoms with E-state index in [0.717, 1.165) is 10.5 Å². The number of thioether (sulfide) groups is 1. The fourth-order valence-electron chi connectivity index (χ4n) is 2.46. The molecule has 0 heterocycles. The Morgan fingerprint density at radius 1 is 0.966 bits per heavy atom. The van der Waals surface area contributed by atoms with Gasteiger partial charge in [-0.25, -0.2) is 0 Å². The Kier molecular flexibility index (Phi) is 8.02. The minimum Gasteiger partial charge on any atom is -0.426 e. The third-order valence-electron chi connectivity index (χ3n) is 4.16. The van der Waals surface area contributed by atoms with Gasteiger partial charge in [0, 0.05) is 29.1 Å². The number of carbonyl (C=O) groups excluding carboxylic acids is 3. The van der Waals surface area contributed by atoms with Crippen LogP contribution in [0.3, 0.4) is 0 Å². The monoisotopic (exact) mass is 413 g/mol. The Morgan fingerprint density at radius 2 is 1.62 bits per heavy atom. The summed E-state index contributed by atoms with van der Waals surface area (Å²) >= 11 is 1.57. The average molecular weight is 414 g/mol. The Hall–Kier alpha value is -2.60. The lowest BCUT2D eigenvalue weighted by atomic mass is 9.97. The molecule has 0 aromatic heterocycles. The van der Waals surface area contributed by atoms with Gasteiger partial charge in [0.1, 0.15) is 5.75 Å². The van der Waals surface area contributed by atoms with Crippen molar-refractivity contribution in [2.45, 2.75) is 50.7 Å². The van der Waals surface area contributed by atoms with Crippen molar-refractivity contribution >= 4 is 29.4 Å². The van der Waals surface area contributed by atoms with Gasteiger partial charge >= 0.3 is 5.97 Å². The molecule has 0 unspecified atom stereocenters. The van der Waals surface area contributed by atoms with Crippen molar-refractivity contribution in [2.75, 3.05) is 0 Å². The highest BCUT2D eigenvalue weighted by atomic mass is 32.2. The average Bonchev–Trinajstić information content (AvgIpc) is 2.66. The van der Waals surface area contributed by atoms with Gasteiger partial charge in [-0.15, -0.1) is 11.8 Å². The zero-order valence-electron chi connectivity index (χ0n) is 17.1. The van der Waals surface area contributed by atoms with E-state index in [9.17, 15) is 14.4 Å². The summed E-state index contributed by atoms with van der Waals surface area (Å²) in [6, 6.07) is 14.8. The molecule has 0 saturated heterocycles. The number of benzene rings is 2. The molecule has 2 aromatic carbocycles. The van der Waals surface area contributed by atoms with Crippen LogP contribution in [0.4, 0.5) is 0 Å². The minimum absolute atomic E-state index is 0.0128. The minimum atomic E-state index is -0.553. The van der Waals surface area contributed by atoms with Crippen LogP contribution in [0.2, 0.25) is 0 Å². The maximum absolute atomic E-state index is 12.5. The zero-order valence-corrected chi connectivity index (χ0v) is 17.9. The van der Waals surface area contributed by atoms with E-state index in [1.165, 1.54) is 0 Å². The lowest BCUT2D eigenvalue weighted by molar-refractivity contribution is -0.143. The van der Waals surface area contributed by atoms with Crippen LogP contribution >= 0.6 is 11.8 Å². The number of ketones is 1. The Morgan fingerprint density at radius 3 is 2.24 bits per heavy atom. The van der Waals surface area contributed by atoms with Gasteiger partial charge < -0.3 is 10.5 Å². The quantitative estimate of drug-likeness (QED) is 0.277. The molecule has 0 aliphatic rings. The summed E-state index contributed by atoms with van der Waals surface area (Å²) in [5, 5.41) is 0. The van der Waals surface area contributed by atoms with Crippen molar-refractivity contribution in [3.8, 4) is 5.75 Å². The van der Waals surface area contributed by atoms with Crippen LogP contribution in [0.5, 0.6) is 5.75 Å². The topological polar surface area (TPSA) is 86.5 Å². The predicted molar refractivity (Wildman–Crippen MR) is 115 cm³/mol. The number of esters is 1. The number of rotatable bonds is 9. The van der Waals surface area contributed by atoms with Crippen LogP contribution in [0.25, 0.3) is 0 Å². The van der Waals surface area contributed by atoms with Crippen molar-refractivity contribution in [1.29, 1.82) is 0 Å². The molecule has 2 aromatic rings. The van der Waals surface area contributed by atoms with Gasteiger partial charge in [-0.2, -0.15) is 0 Å². The summed E-state index contributed by atoms with van der Waals surface area (Å²) in [5.41, 5.74) is 6.30. The molecule has 0 aliphatic heterocycles. The molecule has 0 fully saturated rings. The maximum Gasteiger partial charge on any atom is 0.316 e. The second-order valence-electron chi connectivity index (χ2n) is 7.81. The van der Waals surface area contributed by atoms with Gasteiger partial charge in [-0.05, 0) is 51.0 Å². The molecule has 0 saturated carbocycles. The summed E-state index contributed by atoms with van der Waals surface area (Å²) in [6.45, 7) is 5.44. The molecular weight excluding hydrogens is 386 g/mol. The molecule has 0 aliphatic carbocycles. The SMILES string of the molecule is CC(C)(C)C(=O)Oc1ccc(CSc2ccccc2C(=O)CCCC(N)=O)cc1. The molecule has 0 radical (unpaired) electrons. The molecule has 2 rings (SSSR count).